The van der Waals surface area contributed by atoms with E-state index in [4.69, 9.17) is 0 Å². The molecule has 0 radical (unpaired) electrons. The Morgan fingerprint density at radius 3 is 2.65 bits per heavy atom. The van der Waals surface area contributed by atoms with Gasteiger partial charge in [0, 0.05) is 11.4 Å². The molecule has 1 amide bonds. The maximum atomic E-state index is 13.0. The van der Waals surface area contributed by atoms with Crippen molar-refractivity contribution in [2.24, 2.45) is 0 Å². The minimum atomic E-state index is -1.05. The molecule has 2 aromatic rings. The van der Waals surface area contributed by atoms with E-state index >= 15 is 0 Å². The number of halogens is 1. The van der Waals surface area contributed by atoms with Gasteiger partial charge in [0.1, 0.15) is 5.82 Å². The van der Waals surface area contributed by atoms with Crippen molar-refractivity contribution >= 4 is 23.2 Å². The fourth-order valence-electron chi connectivity index (χ4n) is 2.77. The number of nitrogens with one attached hydrogen (secondary N) is 1. The number of hydrogen-bond acceptors (Lipinski definition) is 3. The molecule has 0 aliphatic heterocycles. The summed E-state index contributed by atoms with van der Waals surface area (Å²) < 4.78 is 13.0. The summed E-state index contributed by atoms with van der Waals surface area (Å²) in [5, 5.41) is 12.0. The highest BCUT2D eigenvalue weighted by Crippen LogP contribution is 2.30. The largest absolute Gasteiger partial charge is 0.481 e. The lowest BCUT2D eigenvalue weighted by atomic mass is 9.99. The Morgan fingerprint density at radius 2 is 2.00 bits per heavy atom. The smallest absolute Gasteiger partial charge is 0.312 e. The fourth-order valence-corrected chi connectivity index (χ4v) is 3.94. The average Bonchev–Trinajstić information content (AvgIpc) is 3.10. The Morgan fingerprint density at radius 1 is 1.26 bits per heavy atom. The average molecular weight is 333 g/mol. The summed E-state index contributed by atoms with van der Waals surface area (Å²) in [6.07, 6.45) is 3.15. The van der Waals surface area contributed by atoms with E-state index in [2.05, 4.69) is 5.32 Å². The van der Waals surface area contributed by atoms with Crippen molar-refractivity contribution in [1.82, 2.24) is 5.32 Å². The molecule has 3 rings (SSSR count). The minimum Gasteiger partial charge on any atom is -0.481 e. The number of carbonyl (C=O) groups is 2. The Kier molecular flexibility index (Phi) is 4.43. The van der Waals surface area contributed by atoms with Gasteiger partial charge in [-0.05, 0) is 48.6 Å². The van der Waals surface area contributed by atoms with Crippen molar-refractivity contribution < 1.29 is 19.1 Å². The molecule has 2 N–H and O–H groups in total. The molecule has 120 valence electrons. The summed E-state index contributed by atoms with van der Waals surface area (Å²) in [6.45, 7) is -0.0254. The minimum absolute atomic E-state index is 0.0254. The number of carbonyl (C=O) groups excluding carboxylic acids is 1. The third-order valence-corrected chi connectivity index (χ3v) is 5.24. The maximum Gasteiger partial charge on any atom is 0.312 e. The zero-order valence-corrected chi connectivity index (χ0v) is 13.2. The van der Waals surface area contributed by atoms with Crippen LogP contribution in [0.15, 0.2) is 30.3 Å². The van der Waals surface area contributed by atoms with Gasteiger partial charge in [-0.2, -0.15) is 0 Å². The first kappa shape index (κ1) is 15.7. The fraction of sp³-hybridized carbons (Fsp3) is 0.294. The molecule has 1 unspecified atom stereocenters. The standard InChI is InChI=1S/C17H16FNO3S/c18-12-6-4-10(5-7-12)13(17(21)22)9-19-16(20)15-8-11-2-1-3-14(11)23-15/h4-8,13H,1-3,9H2,(H,19,20)(H,21,22). The van der Waals surface area contributed by atoms with Crippen LogP contribution in [0.5, 0.6) is 0 Å². The van der Waals surface area contributed by atoms with E-state index in [1.54, 1.807) is 0 Å². The van der Waals surface area contributed by atoms with Crippen LogP contribution in [0.3, 0.4) is 0 Å². The SMILES string of the molecule is O=C(NCC(C(=O)O)c1ccc(F)cc1)c1cc2c(s1)CCC2. The number of thiophene rings is 1. The summed E-state index contributed by atoms with van der Waals surface area (Å²) in [5.74, 6) is -2.62. The Labute approximate surface area is 137 Å². The molecule has 0 saturated heterocycles. The zero-order chi connectivity index (χ0) is 16.4. The van der Waals surface area contributed by atoms with Gasteiger partial charge < -0.3 is 10.4 Å². The summed E-state index contributed by atoms with van der Waals surface area (Å²) in [5.41, 5.74) is 1.70. The molecule has 0 bridgehead atoms. The van der Waals surface area contributed by atoms with Crippen LogP contribution in [0, 0.1) is 5.82 Å². The van der Waals surface area contributed by atoms with Gasteiger partial charge in [0.15, 0.2) is 0 Å². The monoisotopic (exact) mass is 333 g/mol. The van der Waals surface area contributed by atoms with Crippen molar-refractivity contribution in [3.8, 4) is 0 Å². The number of carboxylic acids is 1. The lowest BCUT2D eigenvalue weighted by Gasteiger charge is -2.13. The molecule has 1 aromatic heterocycles. The second-order valence-electron chi connectivity index (χ2n) is 5.57. The quantitative estimate of drug-likeness (QED) is 0.884. The Balaban J connectivity index is 1.67. The topological polar surface area (TPSA) is 66.4 Å². The van der Waals surface area contributed by atoms with Crippen molar-refractivity contribution in [1.29, 1.82) is 0 Å². The van der Waals surface area contributed by atoms with Crippen LogP contribution in [0.2, 0.25) is 0 Å². The van der Waals surface area contributed by atoms with Gasteiger partial charge in [0.2, 0.25) is 0 Å². The number of amides is 1. The van der Waals surface area contributed by atoms with Gasteiger partial charge in [-0.1, -0.05) is 12.1 Å². The second kappa shape index (κ2) is 6.50. The van der Waals surface area contributed by atoms with E-state index in [0.717, 1.165) is 19.3 Å². The van der Waals surface area contributed by atoms with E-state index in [1.807, 2.05) is 6.07 Å². The van der Waals surface area contributed by atoms with E-state index in [0.29, 0.717) is 10.4 Å². The predicted molar refractivity (Wildman–Crippen MR) is 85.5 cm³/mol. The van der Waals surface area contributed by atoms with E-state index < -0.39 is 17.7 Å². The molecule has 1 atom stereocenters. The van der Waals surface area contributed by atoms with Crippen molar-refractivity contribution in [2.45, 2.75) is 25.2 Å². The van der Waals surface area contributed by atoms with Crippen LogP contribution in [-0.2, 0) is 17.6 Å². The lowest BCUT2D eigenvalue weighted by Crippen LogP contribution is -2.31. The molecule has 0 saturated carbocycles. The van der Waals surface area contributed by atoms with Crippen LogP contribution < -0.4 is 5.32 Å². The van der Waals surface area contributed by atoms with Gasteiger partial charge in [-0.15, -0.1) is 11.3 Å². The molecule has 6 heteroatoms. The molecule has 1 aliphatic carbocycles. The van der Waals surface area contributed by atoms with Gasteiger partial charge in [0.25, 0.3) is 5.91 Å². The summed E-state index contributed by atoms with van der Waals surface area (Å²) >= 11 is 1.48. The number of rotatable bonds is 5. The normalized spacial score (nSPS) is 14.3. The molecule has 1 heterocycles. The predicted octanol–water partition coefficient (Wildman–Crippen LogP) is 2.97. The highest BCUT2D eigenvalue weighted by Gasteiger charge is 2.23. The number of benzene rings is 1. The number of fused-ring (bicyclic) bond motifs is 1. The Bertz CT molecular complexity index is 717. The third kappa shape index (κ3) is 3.42. The van der Waals surface area contributed by atoms with Crippen LogP contribution in [0.1, 0.15) is 38.0 Å². The third-order valence-electron chi connectivity index (χ3n) is 4.01. The molecule has 1 aliphatic rings. The van der Waals surface area contributed by atoms with Gasteiger partial charge in [0.05, 0.1) is 10.8 Å². The summed E-state index contributed by atoms with van der Waals surface area (Å²) in [4.78, 5) is 25.5. The van der Waals surface area contributed by atoms with Gasteiger partial charge in [-0.3, -0.25) is 9.59 Å². The highest BCUT2D eigenvalue weighted by molar-refractivity contribution is 7.14. The number of aryl methyl sites for hydroxylation is 2. The van der Waals surface area contributed by atoms with Crippen molar-refractivity contribution in [2.75, 3.05) is 6.54 Å². The second-order valence-corrected chi connectivity index (χ2v) is 6.70. The number of aliphatic carboxylic acids is 1. The first-order valence-electron chi connectivity index (χ1n) is 7.42. The molecule has 4 nitrogen and oxygen atoms in total. The molecule has 1 aromatic carbocycles. The zero-order valence-electron chi connectivity index (χ0n) is 12.3. The molecule has 0 spiro atoms. The lowest BCUT2D eigenvalue weighted by molar-refractivity contribution is -0.138. The van der Waals surface area contributed by atoms with Gasteiger partial charge in [-0.25, -0.2) is 4.39 Å². The van der Waals surface area contributed by atoms with Crippen molar-refractivity contribution in [3.05, 3.63) is 57.0 Å². The van der Waals surface area contributed by atoms with Crippen molar-refractivity contribution in [3.63, 3.8) is 0 Å². The molecule has 0 fully saturated rings. The Hall–Kier alpha value is -2.21. The van der Waals surface area contributed by atoms with Crippen LogP contribution in [0.25, 0.3) is 0 Å². The number of hydrogen-bond donors (Lipinski definition) is 2. The van der Waals surface area contributed by atoms with Crippen LogP contribution >= 0.6 is 11.3 Å². The molecule has 23 heavy (non-hydrogen) atoms. The number of carboxylic acid groups (broad SMARTS) is 1. The first-order chi connectivity index (χ1) is 11.0. The summed E-state index contributed by atoms with van der Waals surface area (Å²) in [6, 6.07) is 7.20. The van der Waals surface area contributed by atoms with Crippen LogP contribution in [0.4, 0.5) is 4.39 Å². The van der Waals surface area contributed by atoms with Gasteiger partial charge >= 0.3 is 5.97 Å². The highest BCUT2D eigenvalue weighted by atomic mass is 32.1. The van der Waals surface area contributed by atoms with E-state index in [9.17, 15) is 19.1 Å². The maximum absolute atomic E-state index is 13.0. The van der Waals surface area contributed by atoms with E-state index in [1.165, 1.54) is 46.0 Å². The molecular weight excluding hydrogens is 317 g/mol. The van der Waals surface area contributed by atoms with Crippen LogP contribution in [-0.4, -0.2) is 23.5 Å². The molecular formula is C17H16FNO3S. The van der Waals surface area contributed by atoms with E-state index in [-0.39, 0.29) is 12.5 Å². The summed E-state index contributed by atoms with van der Waals surface area (Å²) in [7, 11) is 0. The first-order valence-corrected chi connectivity index (χ1v) is 8.24.